The van der Waals surface area contributed by atoms with E-state index < -0.39 is 5.82 Å². The Kier molecular flexibility index (Phi) is 3.22. The third-order valence-electron chi connectivity index (χ3n) is 3.37. The lowest BCUT2D eigenvalue weighted by atomic mass is 10.2. The summed E-state index contributed by atoms with van der Waals surface area (Å²) in [6.45, 7) is 1.92. The summed E-state index contributed by atoms with van der Waals surface area (Å²) < 4.78 is 20.5. The molecule has 3 rings (SSSR count). The maximum atomic E-state index is 13.7. The molecule has 0 aliphatic heterocycles. The second kappa shape index (κ2) is 4.93. The standard InChI is InChI=1S/C15H13ClFN3O/c1-8-3-4-9(5-10(8)16)20-13-7-14(21-2)11(17)6-12(13)19-15(20)18/h3-7H,1-2H3,(H2,18,19). The van der Waals surface area contributed by atoms with Crippen molar-refractivity contribution in [1.82, 2.24) is 9.55 Å². The highest BCUT2D eigenvalue weighted by Crippen LogP contribution is 2.30. The highest BCUT2D eigenvalue weighted by Gasteiger charge is 2.14. The van der Waals surface area contributed by atoms with Crippen molar-refractivity contribution in [2.24, 2.45) is 0 Å². The smallest absolute Gasteiger partial charge is 0.205 e. The summed E-state index contributed by atoms with van der Waals surface area (Å²) in [5.41, 5.74) is 8.81. The van der Waals surface area contributed by atoms with E-state index in [0.717, 1.165) is 11.3 Å². The number of hydrogen-bond donors (Lipinski definition) is 1. The van der Waals surface area contributed by atoms with Gasteiger partial charge in [0.15, 0.2) is 11.6 Å². The molecule has 0 unspecified atom stereocenters. The van der Waals surface area contributed by atoms with Crippen LogP contribution < -0.4 is 10.5 Å². The van der Waals surface area contributed by atoms with E-state index in [1.165, 1.54) is 13.2 Å². The number of aryl methyl sites for hydroxylation is 1. The van der Waals surface area contributed by atoms with Gasteiger partial charge in [-0.1, -0.05) is 17.7 Å². The van der Waals surface area contributed by atoms with Gasteiger partial charge in [-0.05, 0) is 24.6 Å². The maximum Gasteiger partial charge on any atom is 0.205 e. The first-order chi connectivity index (χ1) is 10.0. The van der Waals surface area contributed by atoms with Crippen LogP contribution in [0.1, 0.15) is 5.56 Å². The van der Waals surface area contributed by atoms with Crippen molar-refractivity contribution in [3.63, 3.8) is 0 Å². The van der Waals surface area contributed by atoms with Gasteiger partial charge in [-0.3, -0.25) is 4.57 Å². The van der Waals surface area contributed by atoms with Crippen LogP contribution in [0.3, 0.4) is 0 Å². The molecule has 0 fully saturated rings. The molecule has 2 aromatic carbocycles. The fraction of sp³-hybridized carbons (Fsp3) is 0.133. The van der Waals surface area contributed by atoms with E-state index in [0.29, 0.717) is 16.1 Å². The molecule has 0 saturated heterocycles. The number of benzene rings is 2. The summed E-state index contributed by atoms with van der Waals surface area (Å²) in [6.07, 6.45) is 0. The Bertz CT molecular complexity index is 845. The zero-order valence-electron chi connectivity index (χ0n) is 11.5. The summed E-state index contributed by atoms with van der Waals surface area (Å²) >= 11 is 6.16. The number of fused-ring (bicyclic) bond motifs is 1. The molecule has 108 valence electrons. The highest BCUT2D eigenvalue weighted by molar-refractivity contribution is 6.31. The first kappa shape index (κ1) is 13.7. The molecule has 21 heavy (non-hydrogen) atoms. The first-order valence-corrected chi connectivity index (χ1v) is 6.67. The number of ether oxygens (including phenoxy) is 1. The molecule has 3 aromatic rings. The minimum atomic E-state index is -0.475. The molecule has 0 atom stereocenters. The van der Waals surface area contributed by atoms with Gasteiger partial charge < -0.3 is 10.5 Å². The number of imidazole rings is 1. The van der Waals surface area contributed by atoms with Gasteiger partial charge in [0.1, 0.15) is 0 Å². The third kappa shape index (κ3) is 2.19. The zero-order chi connectivity index (χ0) is 15.1. The van der Waals surface area contributed by atoms with E-state index in [4.69, 9.17) is 22.1 Å². The zero-order valence-corrected chi connectivity index (χ0v) is 12.3. The SMILES string of the molecule is COc1cc2c(cc1F)nc(N)n2-c1ccc(C)c(Cl)c1. The van der Waals surface area contributed by atoms with Crippen LogP contribution >= 0.6 is 11.6 Å². The van der Waals surface area contributed by atoms with Crippen molar-refractivity contribution in [1.29, 1.82) is 0 Å². The summed E-state index contributed by atoms with van der Waals surface area (Å²) in [6, 6.07) is 8.45. The van der Waals surface area contributed by atoms with Crippen LogP contribution in [0.2, 0.25) is 5.02 Å². The van der Waals surface area contributed by atoms with E-state index >= 15 is 0 Å². The fourth-order valence-electron chi connectivity index (χ4n) is 2.25. The fourth-order valence-corrected chi connectivity index (χ4v) is 2.42. The van der Waals surface area contributed by atoms with Crippen LogP contribution in [-0.2, 0) is 0 Å². The lowest BCUT2D eigenvalue weighted by Crippen LogP contribution is -2.01. The lowest BCUT2D eigenvalue weighted by molar-refractivity contribution is 0.387. The molecule has 6 heteroatoms. The van der Waals surface area contributed by atoms with Gasteiger partial charge in [0.05, 0.1) is 23.8 Å². The second-order valence-electron chi connectivity index (χ2n) is 4.71. The number of nitrogens with two attached hydrogens (primary N) is 1. The topological polar surface area (TPSA) is 53.1 Å². The summed E-state index contributed by atoms with van der Waals surface area (Å²) in [5.74, 6) is -0.0731. The number of halogens is 2. The van der Waals surface area contributed by atoms with E-state index in [1.54, 1.807) is 16.7 Å². The monoisotopic (exact) mass is 305 g/mol. The van der Waals surface area contributed by atoms with Gasteiger partial charge in [0.2, 0.25) is 5.95 Å². The first-order valence-electron chi connectivity index (χ1n) is 6.29. The van der Waals surface area contributed by atoms with Gasteiger partial charge in [0, 0.05) is 17.2 Å². The Morgan fingerprint density at radius 2 is 2.05 bits per heavy atom. The van der Waals surface area contributed by atoms with Crippen molar-refractivity contribution in [3.8, 4) is 11.4 Å². The van der Waals surface area contributed by atoms with Crippen LogP contribution in [0.4, 0.5) is 10.3 Å². The van der Waals surface area contributed by atoms with Crippen LogP contribution in [0.5, 0.6) is 5.75 Å². The van der Waals surface area contributed by atoms with E-state index in [1.807, 2.05) is 19.1 Å². The predicted octanol–water partition coefficient (Wildman–Crippen LogP) is 3.72. The molecule has 0 spiro atoms. The quantitative estimate of drug-likeness (QED) is 0.785. The summed E-state index contributed by atoms with van der Waals surface area (Å²) in [4.78, 5) is 4.18. The van der Waals surface area contributed by atoms with Gasteiger partial charge in [-0.2, -0.15) is 0 Å². The minimum absolute atomic E-state index is 0.141. The Labute approximate surface area is 125 Å². The van der Waals surface area contributed by atoms with Gasteiger partial charge in [0.25, 0.3) is 0 Å². The lowest BCUT2D eigenvalue weighted by Gasteiger charge is -2.09. The molecule has 4 nitrogen and oxygen atoms in total. The Morgan fingerprint density at radius 1 is 1.29 bits per heavy atom. The summed E-state index contributed by atoms with van der Waals surface area (Å²) in [5, 5.41) is 0.628. The highest BCUT2D eigenvalue weighted by atomic mass is 35.5. The molecule has 0 saturated carbocycles. The summed E-state index contributed by atoms with van der Waals surface area (Å²) in [7, 11) is 1.41. The average molecular weight is 306 g/mol. The number of methoxy groups -OCH3 is 1. The van der Waals surface area contributed by atoms with E-state index in [9.17, 15) is 4.39 Å². The van der Waals surface area contributed by atoms with Gasteiger partial charge in [-0.25, -0.2) is 9.37 Å². The number of nitrogens with zero attached hydrogens (tertiary/aromatic N) is 2. The van der Waals surface area contributed by atoms with Crippen molar-refractivity contribution in [3.05, 3.63) is 46.7 Å². The Balaban J connectivity index is 2.30. The van der Waals surface area contributed by atoms with Crippen molar-refractivity contribution < 1.29 is 9.13 Å². The van der Waals surface area contributed by atoms with Crippen molar-refractivity contribution >= 4 is 28.6 Å². The molecule has 1 heterocycles. The molecule has 0 aliphatic carbocycles. The Hall–Kier alpha value is -2.27. The number of hydrogen-bond acceptors (Lipinski definition) is 3. The number of nitrogen functional groups attached to an aromatic ring is 1. The molecule has 2 N–H and O–H groups in total. The molecule has 0 amide bonds. The second-order valence-corrected chi connectivity index (χ2v) is 5.12. The molecular weight excluding hydrogens is 293 g/mol. The van der Waals surface area contributed by atoms with E-state index in [2.05, 4.69) is 4.98 Å². The number of anilines is 1. The predicted molar refractivity (Wildman–Crippen MR) is 81.7 cm³/mol. The Morgan fingerprint density at radius 3 is 2.71 bits per heavy atom. The molecule has 1 aromatic heterocycles. The van der Waals surface area contributed by atoms with Crippen molar-refractivity contribution in [2.45, 2.75) is 6.92 Å². The van der Waals surface area contributed by atoms with Crippen molar-refractivity contribution in [2.75, 3.05) is 12.8 Å². The largest absolute Gasteiger partial charge is 0.494 e. The molecular formula is C15H13ClFN3O. The molecule has 0 bridgehead atoms. The van der Waals surface area contributed by atoms with Crippen LogP contribution in [0, 0.1) is 12.7 Å². The minimum Gasteiger partial charge on any atom is -0.494 e. The van der Waals surface area contributed by atoms with Gasteiger partial charge >= 0.3 is 0 Å². The average Bonchev–Trinajstić information content (AvgIpc) is 2.76. The normalized spacial score (nSPS) is 11.0. The molecule has 0 radical (unpaired) electrons. The van der Waals surface area contributed by atoms with Crippen LogP contribution in [-0.4, -0.2) is 16.7 Å². The number of rotatable bonds is 2. The maximum absolute atomic E-state index is 13.7. The van der Waals surface area contributed by atoms with Crippen LogP contribution in [0.15, 0.2) is 30.3 Å². The van der Waals surface area contributed by atoms with E-state index in [-0.39, 0.29) is 11.7 Å². The number of aromatic nitrogens is 2. The third-order valence-corrected chi connectivity index (χ3v) is 3.77. The van der Waals surface area contributed by atoms with Crippen LogP contribution in [0.25, 0.3) is 16.7 Å². The van der Waals surface area contributed by atoms with Gasteiger partial charge in [-0.15, -0.1) is 0 Å². The molecule has 0 aliphatic rings.